The van der Waals surface area contributed by atoms with E-state index in [1.54, 1.807) is 18.4 Å². The normalized spacial score (nSPS) is 10.3. The Labute approximate surface area is 129 Å². The maximum atomic E-state index is 8.79. The van der Waals surface area contributed by atoms with Crippen LogP contribution in [-0.2, 0) is 13.1 Å². The largest absolute Gasteiger partial charge is 0.497 e. The van der Waals surface area contributed by atoms with E-state index in [1.165, 1.54) is 10.4 Å². The average Bonchev–Trinajstić information content (AvgIpc) is 2.92. The van der Waals surface area contributed by atoms with Crippen molar-refractivity contribution in [1.82, 2.24) is 4.90 Å². The van der Waals surface area contributed by atoms with Crippen molar-refractivity contribution in [3.8, 4) is 17.6 Å². The minimum absolute atomic E-state index is 0.102. The SMILES string of the molecule is COc1cccc(CN(C)Cc2sccc2C#CCO)c1. The van der Waals surface area contributed by atoms with Gasteiger partial charge in [-0.05, 0) is 36.2 Å². The van der Waals surface area contributed by atoms with Gasteiger partial charge in [0.05, 0.1) is 7.11 Å². The Morgan fingerprint density at radius 3 is 2.90 bits per heavy atom. The first kappa shape index (κ1) is 15.6. The summed E-state index contributed by atoms with van der Waals surface area (Å²) in [5, 5.41) is 10.8. The third-order valence-corrected chi connectivity index (χ3v) is 3.95. The number of rotatable bonds is 5. The number of aliphatic hydroxyl groups excluding tert-OH is 1. The Morgan fingerprint density at radius 2 is 2.14 bits per heavy atom. The molecule has 4 heteroatoms. The van der Waals surface area contributed by atoms with Crippen molar-refractivity contribution in [2.24, 2.45) is 0 Å². The van der Waals surface area contributed by atoms with Gasteiger partial charge in [0.1, 0.15) is 12.4 Å². The minimum Gasteiger partial charge on any atom is -0.497 e. The van der Waals surface area contributed by atoms with Crippen LogP contribution in [0.2, 0.25) is 0 Å². The molecule has 0 saturated carbocycles. The fourth-order valence-electron chi connectivity index (χ4n) is 2.09. The summed E-state index contributed by atoms with van der Waals surface area (Å²) in [4.78, 5) is 3.46. The van der Waals surface area contributed by atoms with E-state index in [9.17, 15) is 0 Å². The van der Waals surface area contributed by atoms with Gasteiger partial charge in [-0.15, -0.1) is 11.3 Å². The van der Waals surface area contributed by atoms with Gasteiger partial charge in [0.25, 0.3) is 0 Å². The van der Waals surface area contributed by atoms with E-state index >= 15 is 0 Å². The number of benzene rings is 1. The van der Waals surface area contributed by atoms with Gasteiger partial charge in [0, 0.05) is 23.5 Å². The molecule has 0 spiro atoms. The molecule has 1 aromatic heterocycles. The van der Waals surface area contributed by atoms with Crippen molar-refractivity contribution in [1.29, 1.82) is 0 Å². The van der Waals surface area contributed by atoms with E-state index in [2.05, 4.69) is 35.9 Å². The lowest BCUT2D eigenvalue weighted by molar-refractivity contribution is 0.321. The van der Waals surface area contributed by atoms with Crippen LogP contribution in [0.15, 0.2) is 35.7 Å². The highest BCUT2D eigenvalue weighted by Gasteiger charge is 2.07. The summed E-state index contributed by atoms with van der Waals surface area (Å²) in [6, 6.07) is 10.1. The molecule has 0 aliphatic heterocycles. The number of thiophene rings is 1. The van der Waals surface area contributed by atoms with Crippen LogP contribution < -0.4 is 4.74 Å². The van der Waals surface area contributed by atoms with Crippen molar-refractivity contribution in [2.75, 3.05) is 20.8 Å². The molecule has 0 aliphatic carbocycles. The van der Waals surface area contributed by atoms with E-state index in [4.69, 9.17) is 9.84 Å². The number of hydrogen-bond donors (Lipinski definition) is 1. The highest BCUT2D eigenvalue weighted by Crippen LogP contribution is 2.19. The Morgan fingerprint density at radius 1 is 1.29 bits per heavy atom. The van der Waals surface area contributed by atoms with E-state index in [0.717, 1.165) is 24.4 Å². The Hall–Kier alpha value is -1.80. The lowest BCUT2D eigenvalue weighted by Crippen LogP contribution is -2.17. The summed E-state index contributed by atoms with van der Waals surface area (Å²) in [5.41, 5.74) is 2.22. The van der Waals surface area contributed by atoms with Crippen molar-refractivity contribution >= 4 is 11.3 Å². The van der Waals surface area contributed by atoms with Gasteiger partial charge >= 0.3 is 0 Å². The average molecular weight is 301 g/mol. The van der Waals surface area contributed by atoms with E-state index in [-0.39, 0.29) is 6.61 Å². The van der Waals surface area contributed by atoms with Gasteiger partial charge in [0.15, 0.2) is 0 Å². The third kappa shape index (κ3) is 4.61. The molecule has 2 rings (SSSR count). The molecule has 1 heterocycles. The zero-order valence-corrected chi connectivity index (χ0v) is 13.1. The highest BCUT2D eigenvalue weighted by atomic mass is 32.1. The second kappa shape index (κ2) is 7.84. The maximum Gasteiger partial charge on any atom is 0.119 e. The van der Waals surface area contributed by atoms with E-state index in [1.807, 2.05) is 23.6 Å². The smallest absolute Gasteiger partial charge is 0.119 e. The fourth-order valence-corrected chi connectivity index (χ4v) is 3.00. The fraction of sp³-hybridized carbons (Fsp3) is 0.294. The summed E-state index contributed by atoms with van der Waals surface area (Å²) in [6.07, 6.45) is 0. The van der Waals surface area contributed by atoms with Gasteiger partial charge in [-0.1, -0.05) is 24.0 Å². The van der Waals surface area contributed by atoms with Crippen LogP contribution in [0.1, 0.15) is 16.0 Å². The number of aliphatic hydroxyl groups is 1. The van der Waals surface area contributed by atoms with Crippen molar-refractivity contribution in [3.63, 3.8) is 0 Å². The summed E-state index contributed by atoms with van der Waals surface area (Å²) in [5.74, 6) is 6.58. The number of ether oxygens (including phenoxy) is 1. The van der Waals surface area contributed by atoms with Crippen LogP contribution in [0.3, 0.4) is 0 Å². The van der Waals surface area contributed by atoms with Crippen LogP contribution in [0.5, 0.6) is 5.75 Å². The van der Waals surface area contributed by atoms with Gasteiger partial charge in [-0.2, -0.15) is 0 Å². The molecule has 21 heavy (non-hydrogen) atoms. The minimum atomic E-state index is -0.102. The number of methoxy groups -OCH3 is 1. The second-order valence-electron chi connectivity index (χ2n) is 4.74. The Balaban J connectivity index is 2.01. The van der Waals surface area contributed by atoms with Crippen LogP contribution in [0.4, 0.5) is 0 Å². The van der Waals surface area contributed by atoms with Gasteiger partial charge < -0.3 is 9.84 Å². The topological polar surface area (TPSA) is 32.7 Å². The van der Waals surface area contributed by atoms with Gasteiger partial charge in [-0.3, -0.25) is 4.90 Å². The predicted molar refractivity (Wildman–Crippen MR) is 86.4 cm³/mol. The monoisotopic (exact) mass is 301 g/mol. The molecule has 0 saturated heterocycles. The Bertz CT molecular complexity index is 639. The molecule has 0 aliphatic rings. The molecule has 0 atom stereocenters. The molecule has 0 radical (unpaired) electrons. The van der Waals surface area contributed by atoms with Crippen molar-refractivity contribution in [3.05, 3.63) is 51.7 Å². The zero-order chi connectivity index (χ0) is 15.1. The first-order chi connectivity index (χ1) is 10.2. The molecule has 0 fully saturated rings. The number of nitrogens with zero attached hydrogens (tertiary/aromatic N) is 1. The molecule has 110 valence electrons. The van der Waals surface area contributed by atoms with Crippen LogP contribution in [-0.4, -0.2) is 30.8 Å². The molecular weight excluding hydrogens is 282 g/mol. The molecule has 0 unspecified atom stereocenters. The van der Waals surface area contributed by atoms with Crippen LogP contribution in [0, 0.1) is 11.8 Å². The summed E-state index contributed by atoms with van der Waals surface area (Å²) < 4.78 is 5.25. The zero-order valence-electron chi connectivity index (χ0n) is 12.3. The molecular formula is C17H19NO2S. The molecule has 1 aromatic carbocycles. The van der Waals surface area contributed by atoms with Crippen molar-refractivity contribution in [2.45, 2.75) is 13.1 Å². The third-order valence-electron chi connectivity index (χ3n) is 3.05. The number of hydrogen-bond acceptors (Lipinski definition) is 4. The van der Waals surface area contributed by atoms with Crippen LogP contribution >= 0.6 is 11.3 Å². The standard InChI is InChI=1S/C17H19NO2S/c1-18(12-14-5-3-7-16(11-14)20-2)13-17-15(6-4-9-19)8-10-21-17/h3,5,7-8,10-11,19H,9,12-13H2,1-2H3. The molecule has 2 aromatic rings. The van der Waals surface area contributed by atoms with Gasteiger partial charge in [0.2, 0.25) is 0 Å². The first-order valence-electron chi connectivity index (χ1n) is 6.70. The first-order valence-corrected chi connectivity index (χ1v) is 7.58. The van der Waals surface area contributed by atoms with Gasteiger partial charge in [-0.25, -0.2) is 0 Å². The van der Waals surface area contributed by atoms with E-state index in [0.29, 0.717) is 0 Å². The lowest BCUT2D eigenvalue weighted by Gasteiger charge is -2.16. The summed E-state index contributed by atoms with van der Waals surface area (Å²) in [6.45, 7) is 1.58. The molecule has 3 nitrogen and oxygen atoms in total. The quantitative estimate of drug-likeness (QED) is 0.862. The lowest BCUT2D eigenvalue weighted by atomic mass is 10.2. The van der Waals surface area contributed by atoms with E-state index < -0.39 is 0 Å². The highest BCUT2D eigenvalue weighted by molar-refractivity contribution is 7.10. The van der Waals surface area contributed by atoms with Crippen molar-refractivity contribution < 1.29 is 9.84 Å². The summed E-state index contributed by atoms with van der Waals surface area (Å²) in [7, 11) is 3.77. The second-order valence-corrected chi connectivity index (χ2v) is 5.74. The molecule has 1 N–H and O–H groups in total. The predicted octanol–water partition coefficient (Wildman–Crippen LogP) is 2.73. The summed E-state index contributed by atoms with van der Waals surface area (Å²) >= 11 is 1.70. The Kier molecular flexibility index (Phi) is 5.82. The van der Waals surface area contributed by atoms with Crippen LogP contribution in [0.25, 0.3) is 0 Å². The maximum absolute atomic E-state index is 8.79. The molecule has 0 bridgehead atoms. The molecule has 0 amide bonds.